The zero-order valence-corrected chi connectivity index (χ0v) is 13.6. The van der Waals surface area contributed by atoms with Crippen molar-refractivity contribution in [2.45, 2.75) is 38.3 Å². The van der Waals surface area contributed by atoms with Gasteiger partial charge in [0.15, 0.2) is 5.79 Å². The van der Waals surface area contributed by atoms with E-state index in [-0.39, 0.29) is 12.1 Å². The van der Waals surface area contributed by atoms with Gasteiger partial charge in [-0.3, -0.25) is 0 Å². The number of nitrogens with zero attached hydrogens (tertiary/aromatic N) is 1. The fourth-order valence-corrected chi connectivity index (χ4v) is 2.97. The summed E-state index contributed by atoms with van der Waals surface area (Å²) in [6.45, 7) is 4.68. The van der Waals surface area contributed by atoms with Crippen LogP contribution < -0.4 is 0 Å². The monoisotopic (exact) mass is 313 g/mol. The molecule has 2 aromatic carbocycles. The van der Waals surface area contributed by atoms with Gasteiger partial charge in [0, 0.05) is 6.54 Å². The molecular weight excluding hydrogens is 290 g/mol. The summed E-state index contributed by atoms with van der Waals surface area (Å²) in [6.07, 6.45) is -0.221. The molecule has 2 unspecified atom stereocenters. The first-order chi connectivity index (χ1) is 11.1. The maximum atomic E-state index is 10.7. The van der Waals surface area contributed by atoms with Crippen molar-refractivity contribution in [3.8, 4) is 0 Å². The van der Waals surface area contributed by atoms with Gasteiger partial charge in [-0.2, -0.15) is 5.06 Å². The van der Waals surface area contributed by atoms with Gasteiger partial charge in [-0.15, -0.1) is 0 Å². The van der Waals surface area contributed by atoms with E-state index in [1.165, 1.54) is 5.06 Å². The molecule has 1 heterocycles. The number of ether oxygens (including phenoxy) is 2. The van der Waals surface area contributed by atoms with Crippen molar-refractivity contribution in [1.82, 2.24) is 5.06 Å². The van der Waals surface area contributed by atoms with Crippen LogP contribution >= 0.6 is 0 Å². The van der Waals surface area contributed by atoms with Crippen molar-refractivity contribution in [1.29, 1.82) is 0 Å². The number of rotatable bonds is 5. The minimum absolute atomic E-state index is 0.221. The second-order valence-electron chi connectivity index (χ2n) is 6.31. The molecule has 0 aromatic heterocycles. The van der Waals surface area contributed by atoms with Crippen molar-refractivity contribution in [3.05, 3.63) is 71.8 Å². The number of benzene rings is 2. The fraction of sp³-hybridized carbons (Fsp3) is 0.368. The topological polar surface area (TPSA) is 41.9 Å². The van der Waals surface area contributed by atoms with Crippen molar-refractivity contribution in [2.24, 2.45) is 0 Å². The summed E-state index contributed by atoms with van der Waals surface area (Å²) in [5, 5.41) is 12.1. The molecule has 0 radical (unpaired) electrons. The van der Waals surface area contributed by atoms with Gasteiger partial charge >= 0.3 is 0 Å². The Morgan fingerprint density at radius 1 is 1.09 bits per heavy atom. The Labute approximate surface area is 137 Å². The molecule has 1 fully saturated rings. The second kappa shape index (κ2) is 6.81. The Kier molecular flexibility index (Phi) is 4.78. The van der Waals surface area contributed by atoms with Gasteiger partial charge in [0.25, 0.3) is 0 Å². The molecule has 2 atom stereocenters. The Balaban J connectivity index is 1.83. The summed E-state index contributed by atoms with van der Waals surface area (Å²) in [7, 11) is 0. The Morgan fingerprint density at radius 3 is 2.26 bits per heavy atom. The maximum absolute atomic E-state index is 10.7. The molecule has 23 heavy (non-hydrogen) atoms. The third kappa shape index (κ3) is 3.98. The lowest BCUT2D eigenvalue weighted by Gasteiger charge is -2.31. The molecular formula is C19H23NO3. The first-order valence-corrected chi connectivity index (χ1v) is 7.91. The maximum Gasteiger partial charge on any atom is 0.163 e. The molecule has 2 aromatic rings. The van der Waals surface area contributed by atoms with Crippen molar-refractivity contribution < 1.29 is 14.7 Å². The Bertz CT molecular complexity index is 615. The van der Waals surface area contributed by atoms with E-state index in [1.807, 2.05) is 74.5 Å². The quantitative estimate of drug-likeness (QED) is 0.853. The molecule has 1 aliphatic rings. The molecule has 4 heteroatoms. The normalized spacial score (nSPS) is 21.5. The van der Waals surface area contributed by atoms with Gasteiger partial charge in [0.1, 0.15) is 6.10 Å². The smallest absolute Gasteiger partial charge is 0.163 e. The van der Waals surface area contributed by atoms with Gasteiger partial charge in [-0.25, -0.2) is 0 Å². The summed E-state index contributed by atoms with van der Waals surface area (Å²) in [5.41, 5.74) is 2.06. The average molecular weight is 313 g/mol. The standard InChI is InChI=1S/C19H23NO3/c1-19(2)22-14-17(23-19)18(16-11-7-4-8-12-16)20(21)13-15-9-5-3-6-10-15/h3-12,17-18,21H,13-14H2,1-2H3. The molecule has 3 rings (SSSR count). The van der Waals surface area contributed by atoms with Crippen LogP contribution in [0.1, 0.15) is 31.0 Å². The van der Waals surface area contributed by atoms with E-state index in [0.717, 1.165) is 11.1 Å². The van der Waals surface area contributed by atoms with Crippen LogP contribution in [-0.4, -0.2) is 28.8 Å². The summed E-state index contributed by atoms with van der Waals surface area (Å²) >= 11 is 0. The molecule has 122 valence electrons. The van der Waals surface area contributed by atoms with E-state index >= 15 is 0 Å². The zero-order chi connectivity index (χ0) is 16.3. The molecule has 1 aliphatic heterocycles. The van der Waals surface area contributed by atoms with Crippen molar-refractivity contribution >= 4 is 0 Å². The van der Waals surface area contributed by atoms with E-state index < -0.39 is 5.79 Å². The highest BCUT2D eigenvalue weighted by molar-refractivity contribution is 5.21. The highest BCUT2D eigenvalue weighted by Gasteiger charge is 2.40. The van der Waals surface area contributed by atoms with E-state index in [0.29, 0.717) is 13.2 Å². The SMILES string of the molecule is CC1(C)OCC(C(c2ccccc2)N(O)Cc2ccccc2)O1. The Hall–Kier alpha value is -1.72. The summed E-state index contributed by atoms with van der Waals surface area (Å²) < 4.78 is 11.7. The highest BCUT2D eigenvalue weighted by Crippen LogP contribution is 2.34. The molecule has 0 bridgehead atoms. The molecule has 1 saturated heterocycles. The molecule has 0 aliphatic carbocycles. The van der Waals surface area contributed by atoms with Crippen LogP contribution in [-0.2, 0) is 16.0 Å². The molecule has 0 saturated carbocycles. The zero-order valence-electron chi connectivity index (χ0n) is 13.6. The van der Waals surface area contributed by atoms with Crippen LogP contribution in [0, 0.1) is 0 Å². The van der Waals surface area contributed by atoms with Crippen LogP contribution in [0.3, 0.4) is 0 Å². The minimum Gasteiger partial charge on any atom is -0.348 e. The van der Waals surface area contributed by atoms with Crippen LogP contribution in [0.4, 0.5) is 0 Å². The minimum atomic E-state index is -0.620. The second-order valence-corrected chi connectivity index (χ2v) is 6.31. The lowest BCUT2D eigenvalue weighted by molar-refractivity contribution is -0.191. The summed E-state index contributed by atoms with van der Waals surface area (Å²) in [6, 6.07) is 19.6. The lowest BCUT2D eigenvalue weighted by Crippen LogP contribution is -2.36. The van der Waals surface area contributed by atoms with E-state index in [2.05, 4.69) is 0 Å². The largest absolute Gasteiger partial charge is 0.348 e. The van der Waals surface area contributed by atoms with Gasteiger partial charge < -0.3 is 14.7 Å². The number of hydrogen-bond acceptors (Lipinski definition) is 4. The highest BCUT2D eigenvalue weighted by atomic mass is 16.7. The lowest BCUT2D eigenvalue weighted by atomic mass is 10.0. The van der Waals surface area contributed by atoms with Gasteiger partial charge in [-0.1, -0.05) is 60.7 Å². The molecule has 0 amide bonds. The summed E-state index contributed by atoms with van der Waals surface area (Å²) in [4.78, 5) is 0. The van der Waals surface area contributed by atoms with Crippen molar-refractivity contribution in [3.63, 3.8) is 0 Å². The van der Waals surface area contributed by atoms with Crippen LogP contribution in [0.5, 0.6) is 0 Å². The van der Waals surface area contributed by atoms with Gasteiger partial charge in [0.05, 0.1) is 12.6 Å². The number of hydroxylamine groups is 2. The van der Waals surface area contributed by atoms with E-state index in [9.17, 15) is 5.21 Å². The third-order valence-electron chi connectivity index (χ3n) is 4.03. The van der Waals surface area contributed by atoms with Crippen LogP contribution in [0.15, 0.2) is 60.7 Å². The van der Waals surface area contributed by atoms with Crippen LogP contribution in [0.2, 0.25) is 0 Å². The molecule has 1 N–H and O–H groups in total. The Morgan fingerprint density at radius 2 is 1.70 bits per heavy atom. The predicted molar refractivity (Wildman–Crippen MR) is 87.9 cm³/mol. The molecule has 4 nitrogen and oxygen atoms in total. The van der Waals surface area contributed by atoms with Gasteiger partial charge in [0.2, 0.25) is 0 Å². The predicted octanol–water partition coefficient (Wildman–Crippen LogP) is 3.77. The first kappa shape index (κ1) is 16.1. The third-order valence-corrected chi connectivity index (χ3v) is 4.03. The van der Waals surface area contributed by atoms with E-state index in [1.54, 1.807) is 0 Å². The number of hydrogen-bond donors (Lipinski definition) is 1. The molecule has 0 spiro atoms. The van der Waals surface area contributed by atoms with Crippen LogP contribution in [0.25, 0.3) is 0 Å². The van der Waals surface area contributed by atoms with Crippen molar-refractivity contribution in [2.75, 3.05) is 6.61 Å². The first-order valence-electron chi connectivity index (χ1n) is 7.91. The average Bonchev–Trinajstić information content (AvgIpc) is 2.89. The summed E-state index contributed by atoms with van der Waals surface area (Å²) in [5.74, 6) is -0.620. The van der Waals surface area contributed by atoms with E-state index in [4.69, 9.17) is 9.47 Å². The fourth-order valence-electron chi connectivity index (χ4n) is 2.97. The van der Waals surface area contributed by atoms with Gasteiger partial charge in [-0.05, 0) is 25.0 Å².